The summed E-state index contributed by atoms with van der Waals surface area (Å²) in [6, 6.07) is 0. The fourth-order valence-electron chi connectivity index (χ4n) is 2.33. The molecule has 2 rings (SSSR count). The first-order chi connectivity index (χ1) is 8.76. The van der Waals surface area contributed by atoms with Gasteiger partial charge in [0.1, 0.15) is 12.2 Å². The van der Waals surface area contributed by atoms with Crippen LogP contribution in [0.15, 0.2) is 6.33 Å². The summed E-state index contributed by atoms with van der Waals surface area (Å²) in [7, 11) is 0. The van der Waals surface area contributed by atoms with Crippen LogP contribution in [0.1, 0.15) is 38.9 Å². The summed E-state index contributed by atoms with van der Waals surface area (Å²) in [6.45, 7) is 5.58. The van der Waals surface area contributed by atoms with Gasteiger partial charge >= 0.3 is 0 Å². The highest BCUT2D eigenvalue weighted by Gasteiger charge is 2.37. The van der Waals surface area contributed by atoms with Gasteiger partial charge in [0, 0.05) is 19.6 Å². The van der Waals surface area contributed by atoms with Crippen LogP contribution in [-0.2, 0) is 17.7 Å². The minimum atomic E-state index is -0.475. The molecule has 2 atom stereocenters. The Kier molecular flexibility index (Phi) is 4.72. The first-order valence-corrected chi connectivity index (χ1v) is 6.92. The minimum absolute atomic E-state index is 0.0400. The summed E-state index contributed by atoms with van der Waals surface area (Å²) >= 11 is 0. The summed E-state index contributed by atoms with van der Waals surface area (Å²) in [4.78, 5) is 4.23. The fourth-order valence-corrected chi connectivity index (χ4v) is 2.33. The van der Waals surface area contributed by atoms with Gasteiger partial charge in [0.25, 0.3) is 0 Å². The van der Waals surface area contributed by atoms with Crippen molar-refractivity contribution in [1.29, 1.82) is 0 Å². The maximum absolute atomic E-state index is 10.3. The Hall–Kier alpha value is -0.940. The van der Waals surface area contributed by atoms with E-state index in [0.29, 0.717) is 18.9 Å². The van der Waals surface area contributed by atoms with Gasteiger partial charge in [-0.1, -0.05) is 6.92 Å². The first-order valence-electron chi connectivity index (χ1n) is 6.92. The maximum Gasteiger partial charge on any atom is 0.138 e. The van der Waals surface area contributed by atoms with Crippen molar-refractivity contribution in [2.45, 2.75) is 58.3 Å². The number of aryl methyl sites for hydroxylation is 1. The van der Waals surface area contributed by atoms with Crippen LogP contribution in [0.2, 0.25) is 0 Å². The van der Waals surface area contributed by atoms with E-state index in [-0.39, 0.29) is 6.10 Å². The Labute approximate surface area is 108 Å². The van der Waals surface area contributed by atoms with Crippen LogP contribution in [0.5, 0.6) is 0 Å². The molecule has 1 aliphatic rings. The lowest BCUT2D eigenvalue weighted by atomic mass is 10.1. The minimum Gasteiger partial charge on any atom is -0.390 e. The number of aromatic nitrogens is 3. The van der Waals surface area contributed by atoms with Gasteiger partial charge in [-0.3, -0.25) is 4.68 Å². The lowest BCUT2D eigenvalue weighted by molar-refractivity contribution is -0.0450. The number of hydrogen-bond donors (Lipinski definition) is 1. The quantitative estimate of drug-likeness (QED) is 0.761. The second kappa shape index (κ2) is 6.29. The molecule has 1 heterocycles. The Bertz CT molecular complexity index is 363. The third-order valence-corrected chi connectivity index (χ3v) is 3.35. The third-order valence-electron chi connectivity index (χ3n) is 3.35. The van der Waals surface area contributed by atoms with Gasteiger partial charge in [0.05, 0.1) is 12.2 Å². The molecule has 0 aromatic carbocycles. The zero-order valence-corrected chi connectivity index (χ0v) is 11.2. The normalized spacial score (nSPS) is 18.8. The van der Waals surface area contributed by atoms with E-state index in [1.54, 1.807) is 6.33 Å². The molecule has 2 unspecified atom stereocenters. The highest BCUT2D eigenvalue weighted by atomic mass is 16.5. The van der Waals surface area contributed by atoms with Crippen molar-refractivity contribution in [2.75, 3.05) is 6.61 Å². The molecule has 0 saturated heterocycles. The van der Waals surface area contributed by atoms with Crippen LogP contribution in [-0.4, -0.2) is 38.7 Å². The van der Waals surface area contributed by atoms with Gasteiger partial charge < -0.3 is 9.84 Å². The molecule has 0 amide bonds. The second-order valence-electron chi connectivity index (χ2n) is 4.93. The van der Waals surface area contributed by atoms with Gasteiger partial charge in [-0.15, -0.1) is 0 Å². The molecule has 18 heavy (non-hydrogen) atoms. The van der Waals surface area contributed by atoms with Crippen molar-refractivity contribution in [1.82, 2.24) is 14.8 Å². The molecule has 5 heteroatoms. The number of aliphatic hydroxyl groups is 1. The van der Waals surface area contributed by atoms with Crippen LogP contribution in [0.25, 0.3) is 0 Å². The van der Waals surface area contributed by atoms with E-state index in [2.05, 4.69) is 17.0 Å². The lowest BCUT2D eigenvalue weighted by Gasteiger charge is -2.22. The summed E-state index contributed by atoms with van der Waals surface area (Å²) < 4.78 is 7.54. The lowest BCUT2D eigenvalue weighted by Crippen LogP contribution is -2.33. The van der Waals surface area contributed by atoms with Crippen molar-refractivity contribution in [3.8, 4) is 0 Å². The fraction of sp³-hybridized carbons (Fsp3) is 0.846. The Balaban J connectivity index is 1.95. The smallest absolute Gasteiger partial charge is 0.138 e. The maximum atomic E-state index is 10.3. The largest absolute Gasteiger partial charge is 0.390 e. The van der Waals surface area contributed by atoms with Crippen molar-refractivity contribution in [2.24, 2.45) is 5.92 Å². The van der Waals surface area contributed by atoms with Gasteiger partial charge in [0.2, 0.25) is 0 Å². The molecule has 5 nitrogen and oxygen atoms in total. The second-order valence-corrected chi connectivity index (χ2v) is 4.93. The molecule has 102 valence electrons. The van der Waals surface area contributed by atoms with Crippen LogP contribution >= 0.6 is 0 Å². The predicted molar refractivity (Wildman–Crippen MR) is 68.2 cm³/mol. The third kappa shape index (κ3) is 3.29. The van der Waals surface area contributed by atoms with Gasteiger partial charge in [-0.05, 0) is 32.1 Å². The Morgan fingerprint density at radius 3 is 2.89 bits per heavy atom. The molecule has 1 aromatic heterocycles. The molecule has 1 fully saturated rings. The highest BCUT2D eigenvalue weighted by Crippen LogP contribution is 2.36. The molecule has 1 aliphatic carbocycles. The van der Waals surface area contributed by atoms with Crippen molar-refractivity contribution >= 4 is 0 Å². The van der Waals surface area contributed by atoms with E-state index < -0.39 is 6.10 Å². The monoisotopic (exact) mass is 253 g/mol. The molecule has 0 spiro atoms. The zero-order valence-electron chi connectivity index (χ0n) is 11.2. The van der Waals surface area contributed by atoms with E-state index in [1.807, 2.05) is 11.6 Å². The standard InChI is InChI=1S/C13H23N3O2/c1-3-7-16-12(14-9-15-16)8-11(17)13(18-4-2)10-5-6-10/h9-11,13,17H,3-8H2,1-2H3. The van der Waals surface area contributed by atoms with Gasteiger partial charge in [0.15, 0.2) is 0 Å². The number of rotatable bonds is 8. The first kappa shape index (κ1) is 13.5. The molecule has 0 bridgehead atoms. The number of nitrogens with zero attached hydrogens (tertiary/aromatic N) is 3. The molecular weight excluding hydrogens is 230 g/mol. The van der Waals surface area contributed by atoms with Crippen LogP contribution < -0.4 is 0 Å². The number of aliphatic hydroxyl groups excluding tert-OH is 1. The van der Waals surface area contributed by atoms with Crippen LogP contribution in [0.4, 0.5) is 0 Å². The highest BCUT2D eigenvalue weighted by molar-refractivity contribution is 4.94. The number of hydrogen-bond acceptors (Lipinski definition) is 4. The Morgan fingerprint density at radius 2 is 2.28 bits per heavy atom. The molecule has 0 aliphatic heterocycles. The summed E-state index contributed by atoms with van der Waals surface area (Å²) in [5.41, 5.74) is 0. The van der Waals surface area contributed by atoms with E-state index >= 15 is 0 Å². The van der Waals surface area contributed by atoms with Crippen molar-refractivity contribution in [3.05, 3.63) is 12.2 Å². The predicted octanol–water partition coefficient (Wildman–Crippen LogP) is 1.41. The molecular formula is C13H23N3O2. The average molecular weight is 253 g/mol. The zero-order chi connectivity index (χ0) is 13.0. The van der Waals surface area contributed by atoms with Gasteiger partial charge in [-0.25, -0.2) is 4.98 Å². The topological polar surface area (TPSA) is 60.2 Å². The van der Waals surface area contributed by atoms with Crippen LogP contribution in [0, 0.1) is 5.92 Å². The van der Waals surface area contributed by atoms with E-state index in [1.165, 1.54) is 12.8 Å². The summed E-state index contributed by atoms with van der Waals surface area (Å²) in [6.07, 6.45) is 4.93. The van der Waals surface area contributed by atoms with Gasteiger partial charge in [-0.2, -0.15) is 5.10 Å². The van der Waals surface area contributed by atoms with Crippen molar-refractivity contribution in [3.63, 3.8) is 0 Å². The summed E-state index contributed by atoms with van der Waals surface area (Å²) in [5, 5.41) is 14.5. The number of ether oxygens (including phenoxy) is 1. The summed E-state index contributed by atoms with van der Waals surface area (Å²) in [5.74, 6) is 1.39. The Morgan fingerprint density at radius 1 is 1.50 bits per heavy atom. The molecule has 1 aromatic rings. The molecule has 1 saturated carbocycles. The van der Waals surface area contributed by atoms with E-state index in [4.69, 9.17) is 4.74 Å². The average Bonchev–Trinajstić information content (AvgIpc) is 3.10. The van der Waals surface area contributed by atoms with Crippen molar-refractivity contribution < 1.29 is 9.84 Å². The van der Waals surface area contributed by atoms with E-state index in [0.717, 1.165) is 18.8 Å². The molecule has 0 radical (unpaired) electrons. The SMILES string of the molecule is CCCn1ncnc1CC(O)C(OCC)C1CC1. The molecule has 1 N–H and O–H groups in total. The van der Waals surface area contributed by atoms with E-state index in [9.17, 15) is 5.11 Å². The van der Waals surface area contributed by atoms with Crippen LogP contribution in [0.3, 0.4) is 0 Å².